The fourth-order valence-electron chi connectivity index (χ4n) is 1.27. The predicted octanol–water partition coefficient (Wildman–Crippen LogP) is 1.36. The average molecular weight is 264 g/mol. The van der Waals surface area contributed by atoms with Gasteiger partial charge in [0.1, 0.15) is 5.75 Å². The molecule has 0 aliphatic carbocycles. The van der Waals surface area contributed by atoms with Crippen LogP contribution in [-0.2, 0) is 9.53 Å². The minimum absolute atomic E-state index is 0.0234. The highest BCUT2D eigenvalue weighted by atomic mass is 16.5. The van der Waals surface area contributed by atoms with Gasteiger partial charge in [-0.25, -0.2) is 0 Å². The van der Waals surface area contributed by atoms with Gasteiger partial charge in [0.15, 0.2) is 6.61 Å². The number of nitrogen functional groups attached to an aromatic ring is 1. The van der Waals surface area contributed by atoms with Gasteiger partial charge in [-0.2, -0.15) is 0 Å². The zero-order valence-corrected chi connectivity index (χ0v) is 11.1. The Morgan fingerprint density at radius 2 is 2.00 bits per heavy atom. The molecule has 0 saturated heterocycles. The number of benzene rings is 1. The monoisotopic (exact) mass is 264 g/mol. The third-order valence-corrected chi connectivity index (χ3v) is 2.17. The zero-order chi connectivity index (χ0) is 14.1. The Balaban J connectivity index is 2.11. The molecular weight excluding hydrogens is 244 g/mol. The molecule has 0 heterocycles. The molecule has 0 spiro atoms. The van der Waals surface area contributed by atoms with E-state index in [1.54, 1.807) is 24.3 Å². The molecule has 0 atom stereocenters. The number of hydrogen-bond donors (Lipinski definition) is 2. The van der Waals surface area contributed by atoms with E-state index in [2.05, 4.69) is 11.9 Å². The third kappa shape index (κ3) is 7.10. The van der Waals surface area contributed by atoms with Gasteiger partial charge >= 0.3 is 0 Å². The number of carbonyl (C=O) groups is 1. The second-order valence-electron chi connectivity index (χ2n) is 4.22. The molecule has 19 heavy (non-hydrogen) atoms. The first-order valence-electron chi connectivity index (χ1n) is 6.05. The van der Waals surface area contributed by atoms with Crippen molar-refractivity contribution in [1.29, 1.82) is 0 Å². The normalized spacial score (nSPS) is 9.95. The highest BCUT2D eigenvalue weighted by Gasteiger charge is 2.02. The minimum atomic E-state index is -0.184. The number of amides is 1. The lowest BCUT2D eigenvalue weighted by Gasteiger charge is -2.08. The summed E-state index contributed by atoms with van der Waals surface area (Å²) in [6.45, 7) is 7.01. The Morgan fingerprint density at radius 1 is 1.32 bits per heavy atom. The molecule has 0 unspecified atom stereocenters. The van der Waals surface area contributed by atoms with Crippen LogP contribution in [0.1, 0.15) is 6.92 Å². The largest absolute Gasteiger partial charge is 0.484 e. The van der Waals surface area contributed by atoms with Crippen molar-refractivity contribution in [2.75, 3.05) is 32.1 Å². The maximum Gasteiger partial charge on any atom is 0.258 e. The van der Waals surface area contributed by atoms with Crippen LogP contribution < -0.4 is 15.8 Å². The van der Waals surface area contributed by atoms with E-state index < -0.39 is 0 Å². The Kier molecular flexibility index (Phi) is 6.46. The molecule has 5 heteroatoms. The summed E-state index contributed by atoms with van der Waals surface area (Å²) in [5.74, 6) is 0.429. The second-order valence-corrected chi connectivity index (χ2v) is 4.22. The zero-order valence-electron chi connectivity index (χ0n) is 11.1. The van der Waals surface area contributed by atoms with E-state index in [1.807, 2.05) is 6.92 Å². The van der Waals surface area contributed by atoms with Gasteiger partial charge in [0.05, 0.1) is 13.2 Å². The molecule has 0 aromatic heterocycles. The van der Waals surface area contributed by atoms with Crippen LogP contribution in [-0.4, -0.2) is 32.3 Å². The molecule has 0 fully saturated rings. The molecule has 0 aliphatic heterocycles. The molecule has 0 aliphatic rings. The van der Waals surface area contributed by atoms with Gasteiger partial charge in [-0.3, -0.25) is 4.79 Å². The van der Waals surface area contributed by atoms with Gasteiger partial charge in [0.2, 0.25) is 0 Å². The standard InChI is InChI=1S/C14H20N2O3/c1-11(2)9-18-8-7-16-14(17)10-19-13-5-3-12(15)4-6-13/h3-6H,1,7-10,15H2,2H3,(H,16,17). The van der Waals surface area contributed by atoms with Crippen molar-refractivity contribution in [2.24, 2.45) is 0 Å². The summed E-state index contributed by atoms with van der Waals surface area (Å²) in [5.41, 5.74) is 7.16. The highest BCUT2D eigenvalue weighted by Crippen LogP contribution is 2.12. The lowest BCUT2D eigenvalue weighted by molar-refractivity contribution is -0.123. The van der Waals surface area contributed by atoms with Gasteiger partial charge in [-0.15, -0.1) is 0 Å². The average Bonchev–Trinajstić information content (AvgIpc) is 2.37. The van der Waals surface area contributed by atoms with E-state index in [9.17, 15) is 4.79 Å². The molecule has 0 radical (unpaired) electrons. The van der Waals surface area contributed by atoms with E-state index in [1.165, 1.54) is 0 Å². The third-order valence-electron chi connectivity index (χ3n) is 2.17. The maximum atomic E-state index is 11.4. The molecule has 1 aromatic carbocycles. The topological polar surface area (TPSA) is 73.6 Å². The van der Waals surface area contributed by atoms with Gasteiger partial charge < -0.3 is 20.5 Å². The van der Waals surface area contributed by atoms with Crippen LogP contribution in [0.15, 0.2) is 36.4 Å². The predicted molar refractivity (Wildman–Crippen MR) is 75.0 cm³/mol. The van der Waals surface area contributed by atoms with E-state index in [0.29, 0.717) is 31.2 Å². The quantitative estimate of drug-likeness (QED) is 0.422. The van der Waals surface area contributed by atoms with E-state index in [4.69, 9.17) is 15.2 Å². The molecule has 3 N–H and O–H groups in total. The summed E-state index contributed by atoms with van der Waals surface area (Å²) in [6, 6.07) is 6.88. The van der Waals surface area contributed by atoms with Gasteiger partial charge in [-0.1, -0.05) is 12.2 Å². The first-order chi connectivity index (χ1) is 9.08. The summed E-state index contributed by atoms with van der Waals surface area (Å²) < 4.78 is 10.5. The Hall–Kier alpha value is -2.01. The van der Waals surface area contributed by atoms with Crippen LogP contribution >= 0.6 is 0 Å². The fourth-order valence-corrected chi connectivity index (χ4v) is 1.27. The van der Waals surface area contributed by atoms with E-state index in [0.717, 1.165) is 5.57 Å². The fraction of sp³-hybridized carbons (Fsp3) is 0.357. The molecule has 104 valence electrons. The summed E-state index contributed by atoms with van der Waals surface area (Å²) in [4.78, 5) is 11.4. The van der Waals surface area contributed by atoms with Gasteiger partial charge in [0.25, 0.3) is 5.91 Å². The van der Waals surface area contributed by atoms with Crippen molar-refractivity contribution < 1.29 is 14.3 Å². The van der Waals surface area contributed by atoms with Crippen molar-refractivity contribution in [3.05, 3.63) is 36.4 Å². The highest BCUT2D eigenvalue weighted by molar-refractivity contribution is 5.77. The SMILES string of the molecule is C=C(C)COCCNC(=O)COc1ccc(N)cc1. The summed E-state index contributed by atoms with van der Waals surface area (Å²) in [7, 11) is 0. The number of rotatable bonds is 8. The summed E-state index contributed by atoms with van der Waals surface area (Å²) in [5, 5.41) is 2.69. The van der Waals surface area contributed by atoms with Gasteiger partial charge in [0, 0.05) is 12.2 Å². The number of hydrogen-bond acceptors (Lipinski definition) is 4. The van der Waals surface area contributed by atoms with Crippen LogP contribution in [0.2, 0.25) is 0 Å². The lowest BCUT2D eigenvalue weighted by atomic mass is 10.3. The van der Waals surface area contributed by atoms with Crippen molar-refractivity contribution in [3.63, 3.8) is 0 Å². The Bertz CT molecular complexity index is 415. The number of ether oxygens (including phenoxy) is 2. The van der Waals surface area contributed by atoms with E-state index in [-0.39, 0.29) is 12.5 Å². The minimum Gasteiger partial charge on any atom is -0.484 e. The van der Waals surface area contributed by atoms with Crippen molar-refractivity contribution >= 4 is 11.6 Å². The number of nitrogens with two attached hydrogens (primary N) is 1. The van der Waals surface area contributed by atoms with Crippen molar-refractivity contribution in [3.8, 4) is 5.75 Å². The second kappa shape index (κ2) is 8.16. The molecule has 0 bridgehead atoms. The summed E-state index contributed by atoms with van der Waals surface area (Å²) >= 11 is 0. The van der Waals surface area contributed by atoms with Gasteiger partial charge in [-0.05, 0) is 31.2 Å². The van der Waals surface area contributed by atoms with Crippen LogP contribution in [0.4, 0.5) is 5.69 Å². The molecule has 1 aromatic rings. The number of nitrogens with one attached hydrogen (secondary N) is 1. The first-order valence-corrected chi connectivity index (χ1v) is 6.05. The van der Waals surface area contributed by atoms with Crippen LogP contribution in [0.5, 0.6) is 5.75 Å². The lowest BCUT2D eigenvalue weighted by Crippen LogP contribution is -2.31. The smallest absolute Gasteiger partial charge is 0.258 e. The number of anilines is 1. The molecule has 1 amide bonds. The van der Waals surface area contributed by atoms with E-state index >= 15 is 0 Å². The molecule has 1 rings (SSSR count). The number of carbonyl (C=O) groups excluding carboxylic acids is 1. The van der Waals surface area contributed by atoms with Crippen molar-refractivity contribution in [2.45, 2.75) is 6.92 Å². The van der Waals surface area contributed by atoms with Crippen LogP contribution in [0, 0.1) is 0 Å². The van der Waals surface area contributed by atoms with Crippen LogP contribution in [0.3, 0.4) is 0 Å². The maximum absolute atomic E-state index is 11.4. The molecule has 0 saturated carbocycles. The Labute approximate surface area is 113 Å². The van der Waals surface area contributed by atoms with Crippen molar-refractivity contribution in [1.82, 2.24) is 5.32 Å². The molecular formula is C14H20N2O3. The summed E-state index contributed by atoms with van der Waals surface area (Å²) in [6.07, 6.45) is 0. The molecule has 5 nitrogen and oxygen atoms in total. The Morgan fingerprint density at radius 3 is 2.63 bits per heavy atom. The first kappa shape index (κ1) is 15.0. The van der Waals surface area contributed by atoms with Crippen LogP contribution in [0.25, 0.3) is 0 Å².